The van der Waals surface area contributed by atoms with Gasteiger partial charge in [0.1, 0.15) is 0 Å². The molecule has 0 aliphatic carbocycles. The van der Waals surface area contributed by atoms with E-state index in [0.717, 1.165) is 22.6 Å². The van der Waals surface area contributed by atoms with Crippen LogP contribution in [0.2, 0.25) is 0 Å². The Kier molecular flexibility index (Phi) is 4.51. The number of nitrogens with zero attached hydrogens (tertiary/aromatic N) is 1. The molecule has 4 nitrogen and oxygen atoms in total. The van der Waals surface area contributed by atoms with Crippen molar-refractivity contribution in [3.63, 3.8) is 0 Å². The molecule has 120 valence electrons. The van der Waals surface area contributed by atoms with Gasteiger partial charge in [-0.1, -0.05) is 36.4 Å². The minimum absolute atomic E-state index is 0.114. The lowest BCUT2D eigenvalue weighted by Gasteiger charge is -2.27. The van der Waals surface area contributed by atoms with Crippen molar-refractivity contribution >= 4 is 5.91 Å². The minimum atomic E-state index is 0.114. The van der Waals surface area contributed by atoms with Gasteiger partial charge in [-0.05, 0) is 37.1 Å². The molecule has 0 bridgehead atoms. The van der Waals surface area contributed by atoms with Crippen LogP contribution in [0.3, 0.4) is 0 Å². The lowest BCUT2D eigenvalue weighted by Crippen LogP contribution is -2.37. The molecule has 0 spiro atoms. The van der Waals surface area contributed by atoms with Crippen LogP contribution in [0, 0.1) is 0 Å². The Morgan fingerprint density at radius 2 is 1.78 bits per heavy atom. The molecule has 0 saturated heterocycles. The molecule has 2 aromatic rings. The van der Waals surface area contributed by atoms with Crippen LogP contribution in [0.5, 0.6) is 11.5 Å². The van der Waals surface area contributed by atoms with Crippen molar-refractivity contribution < 1.29 is 14.3 Å². The van der Waals surface area contributed by atoms with Crippen LogP contribution in [0.4, 0.5) is 0 Å². The first-order chi connectivity index (χ1) is 11.1. The summed E-state index contributed by atoms with van der Waals surface area (Å²) in [5.74, 6) is 1.57. The van der Waals surface area contributed by atoms with E-state index < -0.39 is 0 Å². The topological polar surface area (TPSA) is 38.8 Å². The van der Waals surface area contributed by atoms with E-state index in [2.05, 4.69) is 0 Å². The molecule has 1 heterocycles. The third kappa shape index (κ3) is 3.65. The van der Waals surface area contributed by atoms with Gasteiger partial charge in [0.25, 0.3) is 0 Å². The summed E-state index contributed by atoms with van der Waals surface area (Å²) in [6.45, 7) is 4.96. The maximum absolute atomic E-state index is 12.7. The molecule has 0 radical (unpaired) electrons. The summed E-state index contributed by atoms with van der Waals surface area (Å²) in [5, 5.41) is 0. The van der Waals surface area contributed by atoms with Gasteiger partial charge >= 0.3 is 0 Å². The molecule has 1 amide bonds. The molecule has 1 aliphatic rings. The highest BCUT2D eigenvalue weighted by Crippen LogP contribution is 2.32. The van der Waals surface area contributed by atoms with E-state index in [4.69, 9.17) is 9.47 Å². The van der Waals surface area contributed by atoms with Crippen LogP contribution in [-0.4, -0.2) is 23.6 Å². The molecule has 0 saturated carbocycles. The molecule has 0 atom stereocenters. The number of carbonyl (C=O) groups is 1. The number of carbonyl (C=O) groups excluding carboxylic acids is 1. The Morgan fingerprint density at radius 3 is 2.52 bits per heavy atom. The monoisotopic (exact) mass is 311 g/mol. The fourth-order valence-corrected chi connectivity index (χ4v) is 2.67. The minimum Gasteiger partial charge on any atom is -0.454 e. The van der Waals surface area contributed by atoms with Crippen LogP contribution >= 0.6 is 0 Å². The van der Waals surface area contributed by atoms with Crippen LogP contribution in [0.1, 0.15) is 25.0 Å². The van der Waals surface area contributed by atoms with Gasteiger partial charge in [-0.2, -0.15) is 0 Å². The van der Waals surface area contributed by atoms with E-state index in [-0.39, 0.29) is 18.7 Å². The molecule has 1 aliphatic heterocycles. The summed E-state index contributed by atoms with van der Waals surface area (Å²) in [5.41, 5.74) is 2.08. The maximum atomic E-state index is 12.7. The van der Waals surface area contributed by atoms with Gasteiger partial charge < -0.3 is 14.4 Å². The Balaban J connectivity index is 1.71. The van der Waals surface area contributed by atoms with E-state index in [1.165, 1.54) is 0 Å². The first-order valence-electron chi connectivity index (χ1n) is 7.85. The number of amides is 1. The number of rotatable bonds is 5. The molecule has 0 unspecified atom stereocenters. The first kappa shape index (κ1) is 15.4. The highest BCUT2D eigenvalue weighted by atomic mass is 16.7. The highest BCUT2D eigenvalue weighted by molar-refractivity contribution is 5.79. The molecule has 0 N–H and O–H groups in total. The van der Waals surface area contributed by atoms with Crippen molar-refractivity contribution in [2.75, 3.05) is 6.79 Å². The van der Waals surface area contributed by atoms with Crippen LogP contribution in [0.15, 0.2) is 48.5 Å². The number of hydrogen-bond acceptors (Lipinski definition) is 3. The van der Waals surface area contributed by atoms with E-state index in [1.807, 2.05) is 67.3 Å². The SMILES string of the molecule is CC(C)N(Cc1ccccc1)C(=O)Cc1ccc2c(c1)OCO2. The van der Waals surface area contributed by atoms with E-state index in [0.29, 0.717) is 13.0 Å². The second kappa shape index (κ2) is 6.73. The van der Waals surface area contributed by atoms with Crippen molar-refractivity contribution in [2.24, 2.45) is 0 Å². The number of ether oxygens (including phenoxy) is 2. The van der Waals surface area contributed by atoms with Crippen molar-refractivity contribution in [3.8, 4) is 11.5 Å². The van der Waals surface area contributed by atoms with Crippen molar-refractivity contribution in [1.82, 2.24) is 4.90 Å². The third-order valence-electron chi connectivity index (χ3n) is 3.93. The van der Waals surface area contributed by atoms with E-state index in [9.17, 15) is 4.79 Å². The average Bonchev–Trinajstić information content (AvgIpc) is 3.01. The van der Waals surface area contributed by atoms with Crippen molar-refractivity contribution in [3.05, 3.63) is 59.7 Å². The number of fused-ring (bicyclic) bond motifs is 1. The summed E-state index contributed by atoms with van der Waals surface area (Å²) < 4.78 is 10.7. The molecule has 0 fully saturated rings. The molecule has 3 rings (SSSR count). The maximum Gasteiger partial charge on any atom is 0.231 e. The standard InChI is InChI=1S/C19H21NO3/c1-14(2)20(12-15-6-4-3-5-7-15)19(21)11-16-8-9-17-18(10-16)23-13-22-17/h3-10,14H,11-13H2,1-2H3. The Morgan fingerprint density at radius 1 is 1.04 bits per heavy atom. The second-order valence-corrected chi connectivity index (χ2v) is 5.97. The molecule has 4 heteroatoms. The first-order valence-corrected chi connectivity index (χ1v) is 7.85. The molecule has 2 aromatic carbocycles. The highest BCUT2D eigenvalue weighted by Gasteiger charge is 2.19. The summed E-state index contributed by atoms with van der Waals surface area (Å²) in [6.07, 6.45) is 0.363. The number of benzene rings is 2. The normalized spacial score (nSPS) is 12.5. The quantitative estimate of drug-likeness (QED) is 0.849. The lowest BCUT2D eigenvalue weighted by molar-refractivity contribution is -0.132. The van der Waals surface area contributed by atoms with Crippen LogP contribution in [-0.2, 0) is 17.8 Å². The summed E-state index contributed by atoms with van der Waals surface area (Å²) in [6, 6.07) is 15.9. The fourth-order valence-electron chi connectivity index (χ4n) is 2.67. The van der Waals surface area contributed by atoms with Gasteiger partial charge in [0.05, 0.1) is 6.42 Å². The third-order valence-corrected chi connectivity index (χ3v) is 3.93. The Hall–Kier alpha value is -2.49. The Labute approximate surface area is 136 Å². The number of hydrogen-bond donors (Lipinski definition) is 0. The van der Waals surface area contributed by atoms with Gasteiger partial charge in [-0.15, -0.1) is 0 Å². The predicted molar refractivity (Wildman–Crippen MR) is 88.4 cm³/mol. The van der Waals surface area contributed by atoms with Gasteiger partial charge in [0.15, 0.2) is 11.5 Å². The van der Waals surface area contributed by atoms with Gasteiger partial charge in [-0.25, -0.2) is 0 Å². The molecule has 23 heavy (non-hydrogen) atoms. The van der Waals surface area contributed by atoms with Crippen molar-refractivity contribution in [1.29, 1.82) is 0 Å². The predicted octanol–water partition coefficient (Wildman–Crippen LogP) is 3.40. The van der Waals surface area contributed by atoms with E-state index in [1.54, 1.807) is 0 Å². The lowest BCUT2D eigenvalue weighted by atomic mass is 10.1. The zero-order valence-electron chi connectivity index (χ0n) is 13.5. The molecular formula is C19H21NO3. The fraction of sp³-hybridized carbons (Fsp3) is 0.316. The smallest absolute Gasteiger partial charge is 0.231 e. The summed E-state index contributed by atoms with van der Waals surface area (Å²) in [7, 11) is 0. The summed E-state index contributed by atoms with van der Waals surface area (Å²) >= 11 is 0. The largest absolute Gasteiger partial charge is 0.454 e. The summed E-state index contributed by atoms with van der Waals surface area (Å²) in [4.78, 5) is 14.6. The van der Waals surface area contributed by atoms with Gasteiger partial charge in [-0.3, -0.25) is 4.79 Å². The molecule has 0 aromatic heterocycles. The van der Waals surface area contributed by atoms with Crippen molar-refractivity contribution in [2.45, 2.75) is 32.9 Å². The van der Waals surface area contributed by atoms with E-state index >= 15 is 0 Å². The van der Waals surface area contributed by atoms with Gasteiger partial charge in [0, 0.05) is 12.6 Å². The average molecular weight is 311 g/mol. The zero-order chi connectivity index (χ0) is 16.2. The second-order valence-electron chi connectivity index (χ2n) is 5.97. The van der Waals surface area contributed by atoms with Crippen LogP contribution < -0.4 is 9.47 Å². The molecular weight excluding hydrogens is 290 g/mol. The Bertz CT molecular complexity index is 682. The van der Waals surface area contributed by atoms with Crippen LogP contribution in [0.25, 0.3) is 0 Å². The zero-order valence-corrected chi connectivity index (χ0v) is 13.5. The van der Waals surface area contributed by atoms with Gasteiger partial charge in [0.2, 0.25) is 12.7 Å².